The molecule has 0 radical (unpaired) electrons. The van der Waals surface area contributed by atoms with E-state index >= 15 is 0 Å². The van der Waals surface area contributed by atoms with Crippen molar-refractivity contribution in [2.24, 2.45) is 0 Å². The Morgan fingerprint density at radius 2 is 2.11 bits per heavy atom. The number of benzene rings is 1. The first-order chi connectivity index (χ1) is 8.16. The molecular formula is C11H12ClF2NO3. The molecule has 18 heavy (non-hydrogen) atoms. The van der Waals surface area contributed by atoms with Gasteiger partial charge in [0, 0.05) is 12.0 Å². The Morgan fingerprint density at radius 1 is 1.39 bits per heavy atom. The molecule has 4 nitrogen and oxygen atoms in total. The smallest absolute Gasteiger partial charge is 0.407 e. The predicted octanol–water partition coefficient (Wildman–Crippen LogP) is 2.88. The zero-order valence-electron chi connectivity index (χ0n) is 9.27. The maximum absolute atomic E-state index is 12.2. The Labute approximate surface area is 109 Å². The highest BCUT2D eigenvalue weighted by atomic mass is 35.5. The number of hydrogen-bond donors (Lipinski definition) is 1. The molecule has 1 saturated heterocycles. The van der Waals surface area contributed by atoms with Gasteiger partial charge >= 0.3 is 12.7 Å². The number of hydrogen-bond acceptors (Lipinski definition) is 3. The van der Waals surface area contributed by atoms with Gasteiger partial charge in [0.15, 0.2) is 0 Å². The van der Waals surface area contributed by atoms with E-state index in [4.69, 9.17) is 4.74 Å². The highest BCUT2D eigenvalue weighted by Gasteiger charge is 2.24. The number of halogens is 3. The second-order valence-corrected chi connectivity index (χ2v) is 3.54. The number of rotatable bonds is 3. The summed E-state index contributed by atoms with van der Waals surface area (Å²) in [7, 11) is 0. The van der Waals surface area contributed by atoms with Crippen LogP contribution in [0.15, 0.2) is 24.3 Å². The molecular weight excluding hydrogens is 268 g/mol. The molecule has 7 heteroatoms. The van der Waals surface area contributed by atoms with Crippen LogP contribution in [0, 0.1) is 0 Å². The molecule has 0 bridgehead atoms. The Bertz CT molecular complexity index is 417. The lowest BCUT2D eigenvalue weighted by molar-refractivity contribution is -0.0508. The quantitative estimate of drug-likeness (QED) is 0.925. The summed E-state index contributed by atoms with van der Waals surface area (Å²) in [4.78, 5) is 11.1. The minimum atomic E-state index is -2.88. The SMILES string of the molecule is Cl.O=C1N[C@@H](c2ccccc2OC(F)F)CCO1. The first kappa shape index (κ1) is 14.5. The second kappa shape index (κ2) is 6.39. The van der Waals surface area contributed by atoms with E-state index in [1.54, 1.807) is 18.2 Å². The number of ether oxygens (including phenoxy) is 2. The van der Waals surface area contributed by atoms with E-state index < -0.39 is 12.7 Å². The minimum absolute atomic E-state index is 0. The van der Waals surface area contributed by atoms with Crippen molar-refractivity contribution in [3.8, 4) is 5.75 Å². The van der Waals surface area contributed by atoms with Crippen molar-refractivity contribution in [2.45, 2.75) is 19.1 Å². The number of nitrogens with one attached hydrogen (secondary N) is 1. The maximum Gasteiger partial charge on any atom is 0.407 e. The molecule has 1 atom stereocenters. The third-order valence-electron chi connectivity index (χ3n) is 2.44. The normalized spacial score (nSPS) is 18.6. The molecule has 100 valence electrons. The summed E-state index contributed by atoms with van der Waals surface area (Å²) < 4.78 is 33.5. The fourth-order valence-electron chi connectivity index (χ4n) is 1.73. The van der Waals surface area contributed by atoms with E-state index in [1.165, 1.54) is 6.07 Å². The molecule has 1 aromatic rings. The first-order valence-electron chi connectivity index (χ1n) is 5.14. The monoisotopic (exact) mass is 279 g/mol. The van der Waals surface area contributed by atoms with Gasteiger partial charge in [-0.3, -0.25) is 0 Å². The lowest BCUT2D eigenvalue weighted by Gasteiger charge is -2.25. The Kier molecular flexibility index (Phi) is 5.15. The highest BCUT2D eigenvalue weighted by molar-refractivity contribution is 5.85. The maximum atomic E-state index is 12.2. The van der Waals surface area contributed by atoms with Crippen LogP contribution < -0.4 is 10.1 Å². The van der Waals surface area contributed by atoms with Crippen molar-refractivity contribution in [1.82, 2.24) is 5.32 Å². The van der Waals surface area contributed by atoms with Crippen molar-refractivity contribution >= 4 is 18.5 Å². The van der Waals surface area contributed by atoms with Gasteiger partial charge in [-0.2, -0.15) is 8.78 Å². The van der Waals surface area contributed by atoms with Crippen LogP contribution in [0.2, 0.25) is 0 Å². The number of amides is 1. The minimum Gasteiger partial charge on any atom is -0.449 e. The van der Waals surface area contributed by atoms with Crippen LogP contribution in [0.1, 0.15) is 18.0 Å². The third-order valence-corrected chi connectivity index (χ3v) is 2.44. The van der Waals surface area contributed by atoms with E-state index in [-0.39, 0.29) is 30.8 Å². The molecule has 0 aromatic heterocycles. The molecule has 0 saturated carbocycles. The summed E-state index contributed by atoms with van der Waals surface area (Å²) in [6.45, 7) is -2.62. The standard InChI is InChI=1S/C11H11F2NO3.ClH/c12-10(13)17-9-4-2-1-3-7(9)8-5-6-16-11(15)14-8;/h1-4,8,10H,5-6H2,(H,14,15);1H/t8-;/m1./s1. The van der Waals surface area contributed by atoms with E-state index in [0.717, 1.165) is 0 Å². The molecule has 1 aliphatic heterocycles. The number of alkyl halides is 2. The van der Waals surface area contributed by atoms with E-state index in [1.807, 2.05) is 0 Å². The van der Waals surface area contributed by atoms with Crippen molar-refractivity contribution < 1.29 is 23.0 Å². The van der Waals surface area contributed by atoms with Crippen molar-refractivity contribution in [2.75, 3.05) is 6.61 Å². The van der Waals surface area contributed by atoms with Crippen LogP contribution in [0.3, 0.4) is 0 Å². The van der Waals surface area contributed by atoms with Gasteiger partial charge < -0.3 is 14.8 Å². The van der Waals surface area contributed by atoms with Gasteiger partial charge in [0.1, 0.15) is 5.75 Å². The molecule has 1 fully saturated rings. The fraction of sp³-hybridized carbons (Fsp3) is 0.364. The Morgan fingerprint density at radius 3 is 2.78 bits per heavy atom. The van der Waals surface area contributed by atoms with E-state index in [2.05, 4.69) is 10.1 Å². The summed E-state index contributed by atoms with van der Waals surface area (Å²) >= 11 is 0. The van der Waals surface area contributed by atoms with Gasteiger partial charge in [-0.15, -0.1) is 12.4 Å². The molecule has 1 aliphatic rings. The Hall–Kier alpha value is -1.56. The van der Waals surface area contributed by atoms with Crippen LogP contribution >= 0.6 is 12.4 Å². The predicted molar refractivity (Wildman–Crippen MR) is 62.2 cm³/mol. The summed E-state index contributed by atoms with van der Waals surface area (Å²) in [6, 6.07) is 6.04. The first-order valence-corrected chi connectivity index (χ1v) is 5.14. The number of para-hydroxylation sites is 1. The fourth-order valence-corrected chi connectivity index (χ4v) is 1.73. The van der Waals surface area contributed by atoms with Gasteiger partial charge in [-0.25, -0.2) is 4.79 Å². The molecule has 0 spiro atoms. The van der Waals surface area contributed by atoms with Gasteiger partial charge in [0.05, 0.1) is 12.6 Å². The van der Waals surface area contributed by atoms with Crippen LogP contribution in [0.4, 0.5) is 13.6 Å². The van der Waals surface area contributed by atoms with E-state index in [0.29, 0.717) is 12.0 Å². The van der Waals surface area contributed by atoms with Crippen LogP contribution in [-0.4, -0.2) is 19.3 Å². The zero-order chi connectivity index (χ0) is 12.3. The van der Waals surface area contributed by atoms with Crippen LogP contribution in [0.5, 0.6) is 5.75 Å². The van der Waals surface area contributed by atoms with Crippen molar-refractivity contribution in [3.05, 3.63) is 29.8 Å². The average Bonchev–Trinajstić information content (AvgIpc) is 2.29. The highest BCUT2D eigenvalue weighted by Crippen LogP contribution is 2.29. The largest absolute Gasteiger partial charge is 0.449 e. The molecule has 1 heterocycles. The lowest BCUT2D eigenvalue weighted by Crippen LogP contribution is -2.35. The van der Waals surface area contributed by atoms with Crippen LogP contribution in [0.25, 0.3) is 0 Å². The number of alkyl carbamates (subject to hydrolysis) is 1. The molecule has 0 aliphatic carbocycles. The van der Waals surface area contributed by atoms with Gasteiger partial charge in [0.2, 0.25) is 0 Å². The summed E-state index contributed by atoms with van der Waals surface area (Å²) in [5.74, 6) is 0.0784. The van der Waals surface area contributed by atoms with Crippen molar-refractivity contribution in [1.29, 1.82) is 0 Å². The molecule has 0 unspecified atom stereocenters. The zero-order valence-corrected chi connectivity index (χ0v) is 10.1. The van der Waals surface area contributed by atoms with Crippen LogP contribution in [-0.2, 0) is 4.74 Å². The summed E-state index contributed by atoms with van der Waals surface area (Å²) in [5.41, 5.74) is 0.532. The van der Waals surface area contributed by atoms with Crippen molar-refractivity contribution in [3.63, 3.8) is 0 Å². The van der Waals surface area contributed by atoms with E-state index in [9.17, 15) is 13.6 Å². The second-order valence-electron chi connectivity index (χ2n) is 3.54. The average molecular weight is 280 g/mol. The molecule has 1 N–H and O–H groups in total. The molecule has 1 aromatic carbocycles. The molecule has 2 rings (SSSR count). The lowest BCUT2D eigenvalue weighted by atomic mass is 10.0. The third kappa shape index (κ3) is 3.46. The van der Waals surface area contributed by atoms with Gasteiger partial charge in [-0.1, -0.05) is 18.2 Å². The van der Waals surface area contributed by atoms with Gasteiger partial charge in [-0.05, 0) is 6.07 Å². The topological polar surface area (TPSA) is 47.6 Å². The summed E-state index contributed by atoms with van der Waals surface area (Å²) in [5, 5.41) is 2.56. The number of cyclic esters (lactones) is 1. The summed E-state index contributed by atoms with van der Waals surface area (Å²) in [6.07, 6.45) is -0.0249. The number of carbonyl (C=O) groups is 1. The molecule has 1 amide bonds. The Balaban J connectivity index is 0.00000162. The number of carbonyl (C=O) groups excluding carboxylic acids is 1. The van der Waals surface area contributed by atoms with Gasteiger partial charge in [0.25, 0.3) is 0 Å².